The molecule has 2 aromatic rings. The van der Waals surface area contributed by atoms with Crippen molar-refractivity contribution in [3.8, 4) is 0 Å². The van der Waals surface area contributed by atoms with E-state index in [4.69, 9.17) is 11.6 Å². The predicted molar refractivity (Wildman–Crippen MR) is 139 cm³/mol. The van der Waals surface area contributed by atoms with Crippen molar-refractivity contribution < 1.29 is 9.59 Å². The SMILES string of the molecule is Cl.O=C(CCCN1CCN(Cc2ccccc2Cl)CC1)NC1CC(=O)c2c(Br)sc(Br)c21. The van der Waals surface area contributed by atoms with Crippen LogP contribution in [0.25, 0.3) is 0 Å². The molecule has 4 rings (SSSR count). The Labute approximate surface area is 220 Å². The Balaban J connectivity index is 0.00000289. The summed E-state index contributed by atoms with van der Waals surface area (Å²) in [6.45, 7) is 5.81. The third-order valence-corrected chi connectivity index (χ3v) is 8.85. The maximum atomic E-state index is 12.5. The average molecular weight is 626 g/mol. The molecule has 1 aromatic heterocycles. The van der Waals surface area contributed by atoms with Crippen LogP contribution >= 0.6 is 67.2 Å². The van der Waals surface area contributed by atoms with Gasteiger partial charge in [0.2, 0.25) is 5.91 Å². The lowest BCUT2D eigenvalue weighted by atomic mass is 10.1. The quantitative estimate of drug-likeness (QED) is 0.430. The molecular formula is C22H25Br2Cl2N3O2S. The zero-order valence-corrected chi connectivity index (χ0v) is 23.0. The Morgan fingerprint density at radius 2 is 1.81 bits per heavy atom. The van der Waals surface area contributed by atoms with Crippen LogP contribution in [0.5, 0.6) is 0 Å². The van der Waals surface area contributed by atoms with Crippen molar-refractivity contribution >= 4 is 78.9 Å². The molecule has 32 heavy (non-hydrogen) atoms. The van der Waals surface area contributed by atoms with E-state index >= 15 is 0 Å². The zero-order valence-electron chi connectivity index (χ0n) is 17.4. The van der Waals surface area contributed by atoms with E-state index < -0.39 is 0 Å². The molecule has 174 valence electrons. The summed E-state index contributed by atoms with van der Waals surface area (Å²) in [4.78, 5) is 29.6. The molecule has 1 atom stereocenters. The van der Waals surface area contributed by atoms with Crippen LogP contribution < -0.4 is 5.32 Å². The summed E-state index contributed by atoms with van der Waals surface area (Å²) in [5.74, 6) is 0.0982. The van der Waals surface area contributed by atoms with Crippen molar-refractivity contribution in [3.63, 3.8) is 0 Å². The monoisotopic (exact) mass is 623 g/mol. The first-order valence-electron chi connectivity index (χ1n) is 10.4. The summed E-state index contributed by atoms with van der Waals surface area (Å²) in [7, 11) is 0. The number of Topliss-reactive ketones (excluding diaryl/α,β-unsaturated/α-hetero) is 1. The number of ketones is 1. The maximum absolute atomic E-state index is 12.5. The standard InChI is InChI=1S/C22H24Br2ClN3O2S.ClH/c23-21-19-16(12-17(29)20(19)22(24)31-21)26-18(30)6-3-7-27-8-10-28(11-9-27)13-14-4-1-2-5-15(14)25;/h1-2,4-5,16H,3,6-13H2,(H,26,30);1H. The van der Waals surface area contributed by atoms with E-state index in [-0.39, 0.29) is 30.1 Å². The molecule has 0 saturated carbocycles. The summed E-state index contributed by atoms with van der Waals surface area (Å²) in [6, 6.07) is 7.79. The number of benzene rings is 1. The van der Waals surface area contributed by atoms with E-state index in [0.717, 1.165) is 69.4 Å². The van der Waals surface area contributed by atoms with Gasteiger partial charge in [0.1, 0.15) is 0 Å². The topological polar surface area (TPSA) is 52.7 Å². The Bertz CT molecular complexity index is 980. The lowest BCUT2D eigenvalue weighted by Crippen LogP contribution is -2.46. The molecule has 0 spiro atoms. The molecule has 1 aliphatic carbocycles. The molecule has 1 fully saturated rings. The second-order valence-electron chi connectivity index (χ2n) is 8.00. The van der Waals surface area contributed by atoms with Crippen molar-refractivity contribution in [3.05, 3.63) is 53.6 Å². The highest BCUT2D eigenvalue weighted by atomic mass is 79.9. The van der Waals surface area contributed by atoms with E-state index in [0.29, 0.717) is 12.8 Å². The molecule has 1 amide bonds. The normalized spacial score (nSPS) is 19.0. The van der Waals surface area contributed by atoms with Gasteiger partial charge in [-0.2, -0.15) is 0 Å². The molecule has 5 nitrogen and oxygen atoms in total. The van der Waals surface area contributed by atoms with Crippen molar-refractivity contribution in [2.75, 3.05) is 32.7 Å². The summed E-state index contributed by atoms with van der Waals surface area (Å²) in [6.07, 6.45) is 1.63. The van der Waals surface area contributed by atoms with Gasteiger partial charge in [-0.3, -0.25) is 14.5 Å². The number of nitrogens with one attached hydrogen (secondary N) is 1. The Kier molecular flexibility index (Phi) is 9.62. The lowest BCUT2D eigenvalue weighted by molar-refractivity contribution is -0.122. The van der Waals surface area contributed by atoms with E-state index in [2.05, 4.69) is 53.0 Å². The molecule has 10 heteroatoms. The lowest BCUT2D eigenvalue weighted by Gasteiger charge is -2.34. The van der Waals surface area contributed by atoms with E-state index in [1.165, 1.54) is 16.9 Å². The van der Waals surface area contributed by atoms with Gasteiger partial charge in [-0.15, -0.1) is 23.7 Å². The molecule has 2 heterocycles. The number of hydrogen-bond donors (Lipinski definition) is 1. The Morgan fingerprint density at radius 3 is 2.53 bits per heavy atom. The average Bonchev–Trinajstić information content (AvgIpc) is 3.22. The molecule has 0 radical (unpaired) electrons. The van der Waals surface area contributed by atoms with E-state index in [1.807, 2.05) is 18.2 Å². The summed E-state index contributed by atoms with van der Waals surface area (Å²) >= 11 is 14.7. The number of carbonyl (C=O) groups is 2. The first-order chi connectivity index (χ1) is 14.9. The van der Waals surface area contributed by atoms with Gasteiger partial charge in [0.25, 0.3) is 0 Å². The van der Waals surface area contributed by atoms with Crippen LogP contribution in [0.15, 0.2) is 31.8 Å². The minimum Gasteiger partial charge on any atom is -0.349 e. The fraction of sp³-hybridized carbons (Fsp3) is 0.455. The largest absolute Gasteiger partial charge is 0.349 e. The molecule has 0 bridgehead atoms. The Morgan fingerprint density at radius 1 is 1.12 bits per heavy atom. The molecule has 1 N–H and O–H groups in total. The van der Waals surface area contributed by atoms with Gasteiger partial charge < -0.3 is 10.2 Å². The molecule has 1 saturated heterocycles. The number of piperazine rings is 1. The Hall–Kier alpha value is -0.480. The first-order valence-corrected chi connectivity index (χ1v) is 13.2. The van der Waals surface area contributed by atoms with Crippen molar-refractivity contribution in [1.82, 2.24) is 15.1 Å². The fourth-order valence-electron chi connectivity index (χ4n) is 4.24. The molecule has 1 unspecified atom stereocenters. The number of fused-ring (bicyclic) bond motifs is 1. The van der Waals surface area contributed by atoms with E-state index in [9.17, 15) is 9.59 Å². The molecule has 1 aromatic carbocycles. The van der Waals surface area contributed by atoms with Crippen LogP contribution in [0.4, 0.5) is 0 Å². The van der Waals surface area contributed by atoms with Gasteiger partial charge in [0.05, 0.1) is 13.6 Å². The van der Waals surface area contributed by atoms with Gasteiger partial charge in [-0.1, -0.05) is 29.8 Å². The number of carbonyl (C=O) groups excluding carboxylic acids is 2. The van der Waals surface area contributed by atoms with Gasteiger partial charge >= 0.3 is 0 Å². The second kappa shape index (κ2) is 11.8. The molecule has 1 aliphatic heterocycles. The first kappa shape index (κ1) is 26.1. The number of rotatable bonds is 7. The van der Waals surface area contributed by atoms with Crippen molar-refractivity contribution in [2.45, 2.75) is 31.8 Å². The highest BCUT2D eigenvalue weighted by Crippen LogP contribution is 2.46. The minimum absolute atomic E-state index is 0. The third-order valence-electron chi connectivity index (χ3n) is 5.90. The van der Waals surface area contributed by atoms with Crippen LogP contribution in [-0.2, 0) is 11.3 Å². The summed E-state index contributed by atoms with van der Waals surface area (Å²) < 4.78 is 1.75. The third kappa shape index (κ3) is 6.14. The van der Waals surface area contributed by atoms with Gasteiger partial charge in [0.15, 0.2) is 5.78 Å². The highest BCUT2D eigenvalue weighted by Gasteiger charge is 2.36. The van der Waals surface area contributed by atoms with Crippen molar-refractivity contribution in [1.29, 1.82) is 0 Å². The van der Waals surface area contributed by atoms with Gasteiger partial charge in [-0.25, -0.2) is 0 Å². The van der Waals surface area contributed by atoms with Crippen LogP contribution in [0.3, 0.4) is 0 Å². The highest BCUT2D eigenvalue weighted by molar-refractivity contribution is 9.12. The second-order valence-corrected chi connectivity index (χ2v) is 12.1. The molecule has 2 aliphatic rings. The van der Waals surface area contributed by atoms with Crippen LogP contribution in [-0.4, -0.2) is 54.2 Å². The number of hydrogen-bond acceptors (Lipinski definition) is 5. The fourth-order valence-corrected chi connectivity index (χ4v) is 7.81. The summed E-state index contributed by atoms with van der Waals surface area (Å²) in [5.41, 5.74) is 2.81. The van der Waals surface area contributed by atoms with Crippen molar-refractivity contribution in [2.24, 2.45) is 0 Å². The number of halogens is 4. The summed E-state index contributed by atoms with van der Waals surface area (Å²) in [5, 5.41) is 3.88. The predicted octanol–water partition coefficient (Wildman–Crippen LogP) is 5.69. The maximum Gasteiger partial charge on any atom is 0.220 e. The number of amides is 1. The minimum atomic E-state index is -0.222. The van der Waals surface area contributed by atoms with E-state index in [1.54, 1.807) is 0 Å². The zero-order chi connectivity index (χ0) is 22.0. The van der Waals surface area contributed by atoms with Gasteiger partial charge in [0, 0.05) is 61.7 Å². The number of nitrogens with zero attached hydrogens (tertiary/aromatic N) is 2. The molecular weight excluding hydrogens is 601 g/mol. The number of thiophene rings is 1. The van der Waals surface area contributed by atoms with Gasteiger partial charge in [-0.05, 0) is 56.5 Å². The smallest absolute Gasteiger partial charge is 0.220 e. The van der Waals surface area contributed by atoms with Crippen LogP contribution in [0.1, 0.15) is 46.8 Å². The van der Waals surface area contributed by atoms with Crippen LogP contribution in [0, 0.1) is 0 Å². The van der Waals surface area contributed by atoms with Crippen LogP contribution in [0.2, 0.25) is 5.02 Å².